The number of fused-ring (bicyclic) bond motifs is 5. The number of methoxy groups -OCH3 is 1. The summed E-state index contributed by atoms with van der Waals surface area (Å²) in [6.45, 7) is 3.67. The minimum atomic E-state index is -1.45. The van der Waals surface area contributed by atoms with Gasteiger partial charge in [-0.2, -0.15) is 0 Å². The van der Waals surface area contributed by atoms with Gasteiger partial charge in [0.05, 0.1) is 38.0 Å². The van der Waals surface area contributed by atoms with E-state index in [1.165, 1.54) is 29.2 Å². The minimum absolute atomic E-state index is 0.152. The highest BCUT2D eigenvalue weighted by Crippen LogP contribution is 2.54. The van der Waals surface area contributed by atoms with Crippen LogP contribution in [0.5, 0.6) is 0 Å². The second-order valence-electron chi connectivity index (χ2n) is 8.81. The number of carbonyl (C=O) groups excluding carboxylic acids is 3. The SMILES string of the molecule is CCOC(=O)[C@@H]1[C@H]2COC3C=C(OC)C=CC3[C@@H]2N2C(=O)N(c3ccc(F)cc3)C(=O)[C@]12C. The molecule has 0 N–H and O–H groups in total. The van der Waals surface area contributed by atoms with Crippen LogP contribution in [0.3, 0.4) is 0 Å². The summed E-state index contributed by atoms with van der Waals surface area (Å²) in [5.74, 6) is -2.48. The lowest BCUT2D eigenvalue weighted by molar-refractivity contribution is -0.156. The van der Waals surface area contributed by atoms with Gasteiger partial charge in [-0.15, -0.1) is 0 Å². The Hall–Kier alpha value is -3.20. The number of allylic oxidation sites excluding steroid dienone is 1. The molecule has 1 aromatic carbocycles. The van der Waals surface area contributed by atoms with Crippen molar-refractivity contribution in [2.24, 2.45) is 17.8 Å². The van der Waals surface area contributed by atoms with Crippen LogP contribution in [0, 0.1) is 23.6 Å². The fourth-order valence-corrected chi connectivity index (χ4v) is 5.82. The summed E-state index contributed by atoms with van der Waals surface area (Å²) in [4.78, 5) is 43.3. The topological polar surface area (TPSA) is 85.4 Å². The van der Waals surface area contributed by atoms with Crippen LogP contribution >= 0.6 is 0 Å². The molecule has 0 bridgehead atoms. The number of amides is 3. The zero-order valence-electron chi connectivity index (χ0n) is 18.6. The molecule has 33 heavy (non-hydrogen) atoms. The number of ether oxygens (including phenoxy) is 3. The normalized spacial score (nSPS) is 34.5. The molecule has 0 spiro atoms. The fraction of sp³-hybridized carbons (Fsp3) is 0.458. The Morgan fingerprint density at radius 3 is 2.67 bits per heavy atom. The van der Waals surface area contributed by atoms with E-state index in [9.17, 15) is 18.8 Å². The number of carbonyl (C=O) groups is 3. The van der Waals surface area contributed by atoms with Crippen LogP contribution in [0.4, 0.5) is 14.9 Å². The van der Waals surface area contributed by atoms with E-state index in [4.69, 9.17) is 14.2 Å². The van der Waals surface area contributed by atoms with Gasteiger partial charge in [-0.3, -0.25) is 9.59 Å². The molecule has 6 atom stereocenters. The molecule has 5 rings (SSSR count). The molecule has 2 unspecified atom stereocenters. The van der Waals surface area contributed by atoms with Crippen molar-refractivity contribution in [3.63, 3.8) is 0 Å². The molecule has 3 fully saturated rings. The maximum Gasteiger partial charge on any atom is 0.332 e. The van der Waals surface area contributed by atoms with E-state index in [1.807, 2.05) is 18.2 Å². The standard InChI is InChI=1S/C24H25FN2O6/c1-4-32-21(28)19-17-12-33-18-11-15(31-3)9-10-16(18)20(17)27-23(30)26(22(29)24(19,27)2)14-7-5-13(25)6-8-14/h5-11,16-20H,4,12H2,1-3H3/t16?,17-,18?,19+,20+,24+/m1/s1. The number of hydrogen-bond acceptors (Lipinski definition) is 6. The molecule has 3 amide bonds. The van der Waals surface area contributed by atoms with Gasteiger partial charge in [0.1, 0.15) is 17.1 Å². The first-order valence-corrected chi connectivity index (χ1v) is 11.0. The van der Waals surface area contributed by atoms with E-state index in [-0.39, 0.29) is 30.9 Å². The second kappa shape index (κ2) is 7.69. The molecular weight excluding hydrogens is 431 g/mol. The molecule has 0 radical (unpaired) electrons. The number of esters is 1. The molecule has 3 aliphatic heterocycles. The first kappa shape index (κ1) is 21.6. The summed E-state index contributed by atoms with van der Waals surface area (Å²) in [5.41, 5.74) is -1.20. The summed E-state index contributed by atoms with van der Waals surface area (Å²) < 4.78 is 30.2. The second-order valence-corrected chi connectivity index (χ2v) is 8.81. The summed E-state index contributed by atoms with van der Waals surface area (Å²) >= 11 is 0. The van der Waals surface area contributed by atoms with Crippen molar-refractivity contribution >= 4 is 23.6 Å². The van der Waals surface area contributed by atoms with E-state index in [0.29, 0.717) is 5.76 Å². The van der Waals surface area contributed by atoms with Crippen molar-refractivity contribution in [2.75, 3.05) is 25.2 Å². The predicted molar refractivity (Wildman–Crippen MR) is 114 cm³/mol. The van der Waals surface area contributed by atoms with Crippen LogP contribution in [-0.2, 0) is 23.8 Å². The number of imide groups is 1. The van der Waals surface area contributed by atoms with Gasteiger partial charge in [0.25, 0.3) is 5.91 Å². The van der Waals surface area contributed by atoms with E-state index in [0.717, 1.165) is 4.90 Å². The number of nitrogens with zero attached hydrogens (tertiary/aromatic N) is 2. The highest BCUT2D eigenvalue weighted by Gasteiger charge is 2.73. The van der Waals surface area contributed by atoms with Crippen LogP contribution in [0.15, 0.2) is 48.3 Å². The Bertz CT molecular complexity index is 1070. The van der Waals surface area contributed by atoms with E-state index < -0.39 is 47.1 Å². The van der Waals surface area contributed by atoms with Crippen molar-refractivity contribution in [3.8, 4) is 0 Å². The smallest absolute Gasteiger partial charge is 0.332 e. The van der Waals surface area contributed by atoms with Gasteiger partial charge in [0, 0.05) is 17.9 Å². The highest BCUT2D eigenvalue weighted by molar-refractivity contribution is 6.24. The Kier molecular flexibility index (Phi) is 5.04. The summed E-state index contributed by atoms with van der Waals surface area (Å²) in [6, 6.07) is 4.16. The van der Waals surface area contributed by atoms with Gasteiger partial charge in [-0.05, 0) is 50.3 Å². The van der Waals surface area contributed by atoms with Gasteiger partial charge in [0.15, 0.2) is 0 Å². The molecule has 0 aromatic heterocycles. The quantitative estimate of drug-likeness (QED) is 0.512. The molecule has 1 aromatic rings. The molecule has 4 aliphatic rings. The average molecular weight is 456 g/mol. The van der Waals surface area contributed by atoms with Gasteiger partial charge in [-0.25, -0.2) is 14.1 Å². The summed E-state index contributed by atoms with van der Waals surface area (Å²) in [5, 5.41) is 0. The van der Waals surface area contributed by atoms with Gasteiger partial charge >= 0.3 is 12.0 Å². The number of benzene rings is 1. The number of hydrogen-bond donors (Lipinski definition) is 0. The lowest BCUT2D eigenvalue weighted by Crippen LogP contribution is -2.53. The van der Waals surface area contributed by atoms with Crippen molar-refractivity contribution < 1.29 is 33.0 Å². The number of rotatable bonds is 4. The van der Waals surface area contributed by atoms with Crippen molar-refractivity contribution in [1.29, 1.82) is 0 Å². The van der Waals surface area contributed by atoms with Gasteiger partial charge < -0.3 is 19.1 Å². The molecular formula is C24H25FN2O6. The molecule has 8 nitrogen and oxygen atoms in total. The Morgan fingerprint density at radius 2 is 2.00 bits per heavy atom. The first-order valence-electron chi connectivity index (χ1n) is 11.0. The van der Waals surface area contributed by atoms with Crippen LogP contribution < -0.4 is 4.90 Å². The van der Waals surface area contributed by atoms with Crippen molar-refractivity contribution in [3.05, 3.63) is 54.1 Å². The van der Waals surface area contributed by atoms with E-state index in [2.05, 4.69) is 0 Å². The maximum atomic E-state index is 13.8. The van der Waals surface area contributed by atoms with E-state index in [1.54, 1.807) is 21.0 Å². The Balaban J connectivity index is 1.61. The molecule has 3 saturated heterocycles. The van der Waals surface area contributed by atoms with Gasteiger partial charge in [0.2, 0.25) is 0 Å². The molecule has 9 heteroatoms. The van der Waals surface area contributed by atoms with Crippen LogP contribution in [0.25, 0.3) is 0 Å². The Labute approximate surface area is 190 Å². The maximum absolute atomic E-state index is 13.8. The predicted octanol–water partition coefficient (Wildman–Crippen LogP) is 2.65. The molecule has 3 heterocycles. The fourth-order valence-electron chi connectivity index (χ4n) is 5.82. The molecule has 0 saturated carbocycles. The van der Waals surface area contributed by atoms with Crippen LogP contribution in [0.1, 0.15) is 13.8 Å². The van der Waals surface area contributed by atoms with E-state index >= 15 is 0 Å². The molecule has 174 valence electrons. The monoisotopic (exact) mass is 456 g/mol. The third-order valence-electron chi connectivity index (χ3n) is 7.23. The zero-order chi connectivity index (χ0) is 23.5. The first-order chi connectivity index (χ1) is 15.8. The summed E-state index contributed by atoms with van der Waals surface area (Å²) in [7, 11) is 1.56. The van der Waals surface area contributed by atoms with Crippen molar-refractivity contribution in [2.45, 2.75) is 31.5 Å². The third-order valence-corrected chi connectivity index (χ3v) is 7.23. The highest BCUT2D eigenvalue weighted by atomic mass is 19.1. The number of anilines is 1. The lowest BCUT2D eigenvalue weighted by Gasteiger charge is -2.42. The summed E-state index contributed by atoms with van der Waals surface area (Å²) in [6.07, 6.45) is 5.20. The average Bonchev–Trinajstić information content (AvgIpc) is 3.19. The molecule has 1 aliphatic carbocycles. The lowest BCUT2D eigenvalue weighted by atomic mass is 9.74. The minimum Gasteiger partial charge on any atom is -0.497 e. The third kappa shape index (κ3) is 2.95. The van der Waals surface area contributed by atoms with Crippen LogP contribution in [0.2, 0.25) is 0 Å². The van der Waals surface area contributed by atoms with Crippen molar-refractivity contribution in [1.82, 2.24) is 4.90 Å². The Morgan fingerprint density at radius 1 is 1.27 bits per heavy atom. The zero-order valence-corrected chi connectivity index (χ0v) is 18.6. The van der Waals surface area contributed by atoms with Gasteiger partial charge in [-0.1, -0.05) is 6.08 Å². The largest absolute Gasteiger partial charge is 0.497 e. The number of urea groups is 1. The number of halogens is 1. The van der Waals surface area contributed by atoms with Crippen LogP contribution in [-0.4, -0.2) is 60.8 Å².